The van der Waals surface area contributed by atoms with Gasteiger partial charge < -0.3 is 20.1 Å². The SMILES string of the molecule is CC(C)(C)N(CC(=O)O)C(=O)C1CC(NC(=O)OCC2c3ccccc3-c3ccccc32)C1. The highest BCUT2D eigenvalue weighted by atomic mass is 16.5. The van der Waals surface area contributed by atoms with Crippen LogP contribution in [0.1, 0.15) is 50.7 Å². The van der Waals surface area contributed by atoms with Crippen LogP contribution in [0.2, 0.25) is 0 Å². The number of amides is 2. The van der Waals surface area contributed by atoms with Crippen LogP contribution in [0.4, 0.5) is 4.79 Å². The van der Waals surface area contributed by atoms with Crippen LogP contribution in [0.25, 0.3) is 11.1 Å². The van der Waals surface area contributed by atoms with Crippen molar-refractivity contribution in [2.24, 2.45) is 5.92 Å². The summed E-state index contributed by atoms with van der Waals surface area (Å²) in [4.78, 5) is 37.8. The Morgan fingerprint density at radius 1 is 1.00 bits per heavy atom. The summed E-state index contributed by atoms with van der Waals surface area (Å²) in [6, 6.07) is 16.2. The minimum Gasteiger partial charge on any atom is -0.480 e. The first-order chi connectivity index (χ1) is 15.6. The van der Waals surface area contributed by atoms with Crippen LogP contribution in [0.3, 0.4) is 0 Å². The van der Waals surface area contributed by atoms with Crippen molar-refractivity contribution < 1.29 is 24.2 Å². The van der Waals surface area contributed by atoms with Crippen molar-refractivity contribution in [3.8, 4) is 11.1 Å². The second-order valence-electron chi connectivity index (χ2n) is 9.82. The number of benzene rings is 2. The molecule has 2 aliphatic rings. The summed E-state index contributed by atoms with van der Waals surface area (Å²) in [7, 11) is 0. The number of alkyl carbamates (subject to hydrolysis) is 1. The zero-order valence-corrected chi connectivity index (χ0v) is 19.2. The lowest BCUT2D eigenvalue weighted by atomic mass is 9.78. The molecule has 0 saturated heterocycles. The highest BCUT2D eigenvalue weighted by Crippen LogP contribution is 2.44. The third-order valence-electron chi connectivity index (χ3n) is 6.52. The van der Waals surface area contributed by atoms with Gasteiger partial charge in [-0.3, -0.25) is 9.59 Å². The number of carbonyl (C=O) groups excluding carboxylic acids is 2. The summed E-state index contributed by atoms with van der Waals surface area (Å²) in [6.45, 7) is 5.37. The predicted molar refractivity (Wildman–Crippen MR) is 124 cm³/mol. The molecule has 174 valence electrons. The zero-order valence-electron chi connectivity index (χ0n) is 19.2. The fourth-order valence-electron chi connectivity index (χ4n) is 4.75. The molecule has 2 aromatic carbocycles. The number of ether oxygens (including phenoxy) is 1. The molecule has 4 rings (SSSR count). The van der Waals surface area contributed by atoms with Crippen LogP contribution in [0, 0.1) is 5.92 Å². The monoisotopic (exact) mass is 450 g/mol. The standard InChI is InChI=1S/C26H30N2O5/c1-26(2,3)28(14-23(29)30)24(31)16-12-17(13-16)27-25(32)33-15-22-20-10-6-4-8-18(20)19-9-5-7-11-21(19)22/h4-11,16-17,22H,12-15H2,1-3H3,(H,27,32)(H,29,30). The third kappa shape index (κ3) is 4.72. The normalized spacial score (nSPS) is 19.1. The van der Waals surface area contributed by atoms with E-state index in [1.807, 2.05) is 45.0 Å². The van der Waals surface area contributed by atoms with Crippen LogP contribution in [-0.4, -0.2) is 52.7 Å². The van der Waals surface area contributed by atoms with Crippen molar-refractivity contribution in [2.75, 3.05) is 13.2 Å². The maximum absolute atomic E-state index is 12.8. The van der Waals surface area contributed by atoms with Crippen molar-refractivity contribution in [1.29, 1.82) is 0 Å². The Morgan fingerprint density at radius 3 is 2.06 bits per heavy atom. The molecule has 2 N–H and O–H groups in total. The first-order valence-corrected chi connectivity index (χ1v) is 11.3. The Bertz CT molecular complexity index is 1020. The zero-order chi connectivity index (χ0) is 23.8. The van der Waals surface area contributed by atoms with Crippen molar-refractivity contribution in [2.45, 2.75) is 51.1 Å². The minimum atomic E-state index is -1.04. The van der Waals surface area contributed by atoms with Gasteiger partial charge in [0.25, 0.3) is 0 Å². The van der Waals surface area contributed by atoms with Gasteiger partial charge in [0.05, 0.1) is 0 Å². The number of carboxylic acid groups (broad SMARTS) is 1. The summed E-state index contributed by atoms with van der Waals surface area (Å²) >= 11 is 0. The first-order valence-electron chi connectivity index (χ1n) is 11.3. The summed E-state index contributed by atoms with van der Waals surface area (Å²) in [5.41, 5.74) is 4.07. The van der Waals surface area contributed by atoms with Gasteiger partial charge in [-0.1, -0.05) is 48.5 Å². The molecule has 2 aromatic rings. The number of hydrogen-bond acceptors (Lipinski definition) is 4. The minimum absolute atomic E-state index is 0.00442. The number of nitrogens with zero attached hydrogens (tertiary/aromatic N) is 1. The second kappa shape index (κ2) is 8.89. The molecule has 1 saturated carbocycles. The van der Waals surface area contributed by atoms with E-state index < -0.39 is 17.6 Å². The maximum atomic E-state index is 12.8. The van der Waals surface area contributed by atoms with Gasteiger partial charge in [-0.05, 0) is 55.9 Å². The van der Waals surface area contributed by atoms with Gasteiger partial charge in [0, 0.05) is 23.4 Å². The van der Waals surface area contributed by atoms with Crippen molar-refractivity contribution in [1.82, 2.24) is 10.2 Å². The van der Waals surface area contributed by atoms with E-state index in [0.29, 0.717) is 12.8 Å². The molecule has 0 spiro atoms. The highest BCUT2D eigenvalue weighted by Gasteiger charge is 2.41. The van der Waals surface area contributed by atoms with E-state index in [0.717, 1.165) is 11.1 Å². The molecule has 0 atom stereocenters. The average Bonchev–Trinajstić information content (AvgIpc) is 3.05. The lowest BCUT2D eigenvalue weighted by Crippen LogP contribution is -2.55. The van der Waals surface area contributed by atoms with E-state index in [1.54, 1.807) is 0 Å². The van der Waals surface area contributed by atoms with Gasteiger partial charge in [-0.25, -0.2) is 4.79 Å². The summed E-state index contributed by atoms with van der Waals surface area (Å²) < 4.78 is 5.57. The van der Waals surface area contributed by atoms with Crippen molar-refractivity contribution in [3.05, 3.63) is 59.7 Å². The lowest BCUT2D eigenvalue weighted by Gasteiger charge is -2.42. The number of hydrogen-bond donors (Lipinski definition) is 2. The van der Waals surface area contributed by atoms with Crippen LogP contribution in [-0.2, 0) is 14.3 Å². The molecule has 0 aliphatic heterocycles. The van der Waals surface area contributed by atoms with E-state index in [1.165, 1.54) is 16.0 Å². The lowest BCUT2D eigenvalue weighted by molar-refractivity contribution is -0.152. The molecule has 7 heteroatoms. The van der Waals surface area contributed by atoms with Crippen LogP contribution >= 0.6 is 0 Å². The summed E-state index contributed by atoms with van der Waals surface area (Å²) in [5.74, 6) is -1.51. The first kappa shape index (κ1) is 22.8. The Balaban J connectivity index is 1.30. The average molecular weight is 451 g/mol. The molecule has 7 nitrogen and oxygen atoms in total. The van der Waals surface area contributed by atoms with E-state index in [-0.39, 0.29) is 36.9 Å². The van der Waals surface area contributed by atoms with Gasteiger partial charge >= 0.3 is 12.1 Å². The Labute approximate surface area is 193 Å². The topological polar surface area (TPSA) is 95.9 Å². The van der Waals surface area contributed by atoms with Gasteiger partial charge in [-0.15, -0.1) is 0 Å². The fraction of sp³-hybridized carbons (Fsp3) is 0.423. The number of aliphatic carboxylic acids is 1. The molecule has 2 amide bonds. The molecule has 0 heterocycles. The Kier molecular flexibility index (Phi) is 6.15. The largest absolute Gasteiger partial charge is 0.480 e. The second-order valence-corrected chi connectivity index (χ2v) is 9.82. The smallest absolute Gasteiger partial charge is 0.407 e. The van der Waals surface area contributed by atoms with Gasteiger partial charge in [0.2, 0.25) is 5.91 Å². The number of carbonyl (C=O) groups is 3. The molecule has 0 unspecified atom stereocenters. The van der Waals surface area contributed by atoms with E-state index in [4.69, 9.17) is 9.84 Å². The fourth-order valence-corrected chi connectivity index (χ4v) is 4.75. The van der Waals surface area contributed by atoms with Crippen LogP contribution in [0.15, 0.2) is 48.5 Å². The molecule has 1 fully saturated rings. The number of rotatable bonds is 6. The van der Waals surface area contributed by atoms with Gasteiger partial charge in [0.1, 0.15) is 13.2 Å². The molecule has 2 aliphatic carbocycles. The van der Waals surface area contributed by atoms with E-state index >= 15 is 0 Å². The molecule has 0 bridgehead atoms. The molecule has 33 heavy (non-hydrogen) atoms. The third-order valence-corrected chi connectivity index (χ3v) is 6.52. The Hall–Kier alpha value is -3.35. The van der Waals surface area contributed by atoms with Crippen LogP contribution in [0.5, 0.6) is 0 Å². The summed E-state index contributed by atoms with van der Waals surface area (Å²) in [5, 5.41) is 12.0. The van der Waals surface area contributed by atoms with Crippen LogP contribution < -0.4 is 5.32 Å². The quantitative estimate of drug-likeness (QED) is 0.693. The van der Waals surface area contributed by atoms with Gasteiger partial charge in [-0.2, -0.15) is 0 Å². The predicted octanol–water partition coefficient (Wildman–Crippen LogP) is 4.02. The number of fused-ring (bicyclic) bond motifs is 3. The highest BCUT2D eigenvalue weighted by molar-refractivity contribution is 5.85. The maximum Gasteiger partial charge on any atom is 0.407 e. The Morgan fingerprint density at radius 2 is 1.55 bits per heavy atom. The van der Waals surface area contributed by atoms with Gasteiger partial charge in [0.15, 0.2) is 0 Å². The number of nitrogens with one attached hydrogen (secondary N) is 1. The van der Waals surface area contributed by atoms with Crippen molar-refractivity contribution >= 4 is 18.0 Å². The molecular formula is C26H30N2O5. The van der Waals surface area contributed by atoms with E-state index in [2.05, 4.69) is 29.6 Å². The number of carboxylic acids is 1. The van der Waals surface area contributed by atoms with E-state index in [9.17, 15) is 14.4 Å². The molecular weight excluding hydrogens is 420 g/mol. The molecule has 0 aromatic heterocycles. The van der Waals surface area contributed by atoms with Crippen molar-refractivity contribution in [3.63, 3.8) is 0 Å². The summed E-state index contributed by atoms with van der Waals surface area (Å²) in [6.07, 6.45) is 0.468. The molecule has 0 radical (unpaired) electrons.